The molecule has 1 rings (SSSR count). The molecule has 0 aromatic carbocycles. The average molecular weight is 167 g/mol. The van der Waals surface area contributed by atoms with E-state index in [2.05, 4.69) is 5.32 Å². The van der Waals surface area contributed by atoms with Crippen LogP contribution in [0, 0.1) is 0 Å². The number of nitrogens with one attached hydrogen (secondary N) is 1. The molecule has 5 heteroatoms. The molecular formula is C5H11ClN2O2. The Balaban J connectivity index is 0.000000810. The van der Waals surface area contributed by atoms with Crippen molar-refractivity contribution >= 4 is 18.4 Å². The van der Waals surface area contributed by atoms with Crippen LogP contribution in [-0.2, 0) is 4.79 Å². The van der Waals surface area contributed by atoms with E-state index in [-0.39, 0.29) is 18.6 Å². The zero-order valence-electron chi connectivity index (χ0n) is 5.41. The number of halogens is 1. The molecular weight excluding hydrogens is 156 g/mol. The van der Waals surface area contributed by atoms with Gasteiger partial charge in [0.25, 0.3) is 0 Å². The molecule has 1 saturated heterocycles. The van der Waals surface area contributed by atoms with E-state index < -0.39 is 12.0 Å². The van der Waals surface area contributed by atoms with Crippen LogP contribution in [0.4, 0.5) is 0 Å². The summed E-state index contributed by atoms with van der Waals surface area (Å²) in [6.07, 6.45) is 1.29. The van der Waals surface area contributed by atoms with E-state index in [0.29, 0.717) is 6.42 Å². The van der Waals surface area contributed by atoms with Gasteiger partial charge >= 0.3 is 5.97 Å². The van der Waals surface area contributed by atoms with Gasteiger partial charge in [-0.25, -0.2) is 0 Å². The van der Waals surface area contributed by atoms with Gasteiger partial charge in [0.2, 0.25) is 0 Å². The predicted molar refractivity (Wildman–Crippen MR) is 39.0 cm³/mol. The minimum absolute atomic E-state index is 0. The minimum Gasteiger partial charge on any atom is -0.480 e. The van der Waals surface area contributed by atoms with Gasteiger partial charge in [0, 0.05) is 0 Å². The topological polar surface area (TPSA) is 75.4 Å². The lowest BCUT2D eigenvalue weighted by molar-refractivity contribution is -0.139. The Labute approximate surface area is 65.2 Å². The molecule has 2 atom stereocenters. The average Bonchev–Trinajstić information content (AvgIpc) is 2.14. The number of hydrogen-bond donors (Lipinski definition) is 3. The molecule has 0 spiro atoms. The van der Waals surface area contributed by atoms with Gasteiger partial charge in [0.1, 0.15) is 6.04 Å². The van der Waals surface area contributed by atoms with Crippen molar-refractivity contribution in [1.29, 1.82) is 0 Å². The molecule has 1 aliphatic heterocycles. The molecule has 4 N–H and O–H groups in total. The quantitative estimate of drug-likeness (QED) is 0.492. The molecule has 60 valence electrons. The van der Waals surface area contributed by atoms with E-state index in [4.69, 9.17) is 10.8 Å². The van der Waals surface area contributed by atoms with Crippen molar-refractivity contribution in [1.82, 2.24) is 5.32 Å². The Hall–Kier alpha value is -0.320. The Morgan fingerprint density at radius 2 is 2.20 bits per heavy atom. The molecule has 0 saturated carbocycles. The SMILES string of the molecule is Cl.NC1CC[C@@H](C(=O)O)N1. The molecule has 0 radical (unpaired) electrons. The van der Waals surface area contributed by atoms with E-state index in [9.17, 15) is 4.79 Å². The third kappa shape index (κ3) is 2.13. The van der Waals surface area contributed by atoms with Crippen molar-refractivity contribution in [3.8, 4) is 0 Å². The fourth-order valence-corrected chi connectivity index (χ4v) is 0.966. The smallest absolute Gasteiger partial charge is 0.320 e. The van der Waals surface area contributed by atoms with E-state index in [1.54, 1.807) is 0 Å². The second-order valence-corrected chi connectivity index (χ2v) is 2.24. The van der Waals surface area contributed by atoms with Crippen LogP contribution >= 0.6 is 12.4 Å². The van der Waals surface area contributed by atoms with Crippen LogP contribution in [0.1, 0.15) is 12.8 Å². The Morgan fingerprint density at radius 1 is 1.60 bits per heavy atom. The maximum Gasteiger partial charge on any atom is 0.320 e. The number of carbonyl (C=O) groups is 1. The van der Waals surface area contributed by atoms with Gasteiger partial charge in [0.15, 0.2) is 0 Å². The van der Waals surface area contributed by atoms with Gasteiger partial charge in [-0.1, -0.05) is 0 Å². The molecule has 1 aliphatic rings. The van der Waals surface area contributed by atoms with Crippen LogP contribution in [0.15, 0.2) is 0 Å². The van der Waals surface area contributed by atoms with Crippen LogP contribution in [-0.4, -0.2) is 23.3 Å². The summed E-state index contributed by atoms with van der Waals surface area (Å²) in [4.78, 5) is 10.2. The zero-order valence-corrected chi connectivity index (χ0v) is 6.23. The third-order valence-corrected chi connectivity index (χ3v) is 1.48. The summed E-state index contributed by atoms with van der Waals surface area (Å²) in [5.41, 5.74) is 5.39. The molecule has 0 aromatic heterocycles. The van der Waals surface area contributed by atoms with Crippen molar-refractivity contribution in [3.05, 3.63) is 0 Å². The Kier molecular flexibility index (Phi) is 3.63. The molecule has 1 fully saturated rings. The standard InChI is InChI=1S/C5H10N2O2.ClH/c6-4-2-1-3(7-4)5(8)9;/h3-4,7H,1-2,6H2,(H,8,9);1H/t3-,4?;/m0./s1. The van der Waals surface area contributed by atoms with Crippen molar-refractivity contribution in [2.24, 2.45) is 5.73 Å². The highest BCUT2D eigenvalue weighted by molar-refractivity contribution is 5.85. The summed E-state index contributed by atoms with van der Waals surface area (Å²) in [5.74, 6) is -0.803. The van der Waals surface area contributed by atoms with Gasteiger partial charge in [-0.2, -0.15) is 0 Å². The molecule has 4 nitrogen and oxygen atoms in total. The number of carboxylic acids is 1. The van der Waals surface area contributed by atoms with Gasteiger partial charge < -0.3 is 10.8 Å². The minimum atomic E-state index is -0.803. The maximum atomic E-state index is 10.2. The number of rotatable bonds is 1. The summed E-state index contributed by atoms with van der Waals surface area (Å²) < 4.78 is 0. The predicted octanol–water partition coefficient (Wildman–Crippen LogP) is -0.470. The zero-order chi connectivity index (χ0) is 6.85. The number of hydrogen-bond acceptors (Lipinski definition) is 3. The van der Waals surface area contributed by atoms with Crippen molar-refractivity contribution < 1.29 is 9.90 Å². The summed E-state index contributed by atoms with van der Waals surface area (Å²) in [7, 11) is 0. The third-order valence-electron chi connectivity index (χ3n) is 1.48. The number of aliphatic carboxylic acids is 1. The number of nitrogens with two attached hydrogens (primary N) is 1. The van der Waals surface area contributed by atoms with Crippen LogP contribution in [0.25, 0.3) is 0 Å². The lowest BCUT2D eigenvalue weighted by Gasteiger charge is -2.04. The first-order chi connectivity index (χ1) is 4.20. The van der Waals surface area contributed by atoms with Gasteiger partial charge in [0.05, 0.1) is 6.17 Å². The van der Waals surface area contributed by atoms with Crippen molar-refractivity contribution in [3.63, 3.8) is 0 Å². The highest BCUT2D eigenvalue weighted by Crippen LogP contribution is 2.07. The highest BCUT2D eigenvalue weighted by atomic mass is 35.5. The van der Waals surface area contributed by atoms with E-state index >= 15 is 0 Å². The van der Waals surface area contributed by atoms with Crippen LogP contribution in [0.5, 0.6) is 0 Å². The van der Waals surface area contributed by atoms with E-state index in [1.807, 2.05) is 0 Å². The number of carboxylic acid groups (broad SMARTS) is 1. The second-order valence-electron chi connectivity index (χ2n) is 2.24. The lowest BCUT2D eigenvalue weighted by atomic mass is 10.2. The van der Waals surface area contributed by atoms with Crippen LogP contribution < -0.4 is 11.1 Å². The molecule has 0 aliphatic carbocycles. The first-order valence-electron chi connectivity index (χ1n) is 2.94. The van der Waals surface area contributed by atoms with Gasteiger partial charge in [-0.3, -0.25) is 10.1 Å². The fourth-order valence-electron chi connectivity index (χ4n) is 0.966. The largest absolute Gasteiger partial charge is 0.480 e. The first kappa shape index (κ1) is 9.68. The van der Waals surface area contributed by atoms with Crippen LogP contribution in [0.2, 0.25) is 0 Å². The molecule has 1 unspecified atom stereocenters. The van der Waals surface area contributed by atoms with Crippen molar-refractivity contribution in [2.45, 2.75) is 25.0 Å². The second kappa shape index (κ2) is 3.75. The molecule has 0 aromatic rings. The molecule has 0 amide bonds. The molecule has 10 heavy (non-hydrogen) atoms. The van der Waals surface area contributed by atoms with Crippen LogP contribution in [0.3, 0.4) is 0 Å². The summed E-state index contributed by atoms with van der Waals surface area (Å²) >= 11 is 0. The van der Waals surface area contributed by atoms with E-state index in [1.165, 1.54) is 0 Å². The summed E-state index contributed by atoms with van der Waals surface area (Å²) in [6, 6.07) is -0.417. The normalized spacial score (nSPS) is 31.3. The summed E-state index contributed by atoms with van der Waals surface area (Å²) in [6.45, 7) is 0. The van der Waals surface area contributed by atoms with Gasteiger partial charge in [-0.05, 0) is 12.8 Å². The maximum absolute atomic E-state index is 10.2. The highest BCUT2D eigenvalue weighted by Gasteiger charge is 2.25. The van der Waals surface area contributed by atoms with Crippen molar-refractivity contribution in [2.75, 3.05) is 0 Å². The fraction of sp³-hybridized carbons (Fsp3) is 0.800. The first-order valence-corrected chi connectivity index (χ1v) is 2.94. The molecule has 1 heterocycles. The summed E-state index contributed by atoms with van der Waals surface area (Å²) in [5, 5.41) is 11.1. The Morgan fingerprint density at radius 3 is 2.40 bits per heavy atom. The van der Waals surface area contributed by atoms with Gasteiger partial charge in [-0.15, -0.1) is 12.4 Å². The Bertz CT molecular complexity index is 131. The monoisotopic (exact) mass is 166 g/mol. The molecule has 0 bridgehead atoms. The van der Waals surface area contributed by atoms with E-state index in [0.717, 1.165) is 6.42 Å². The lowest BCUT2D eigenvalue weighted by Crippen LogP contribution is -2.39.